The minimum atomic E-state index is -2.55. The summed E-state index contributed by atoms with van der Waals surface area (Å²) in [7, 11) is 1.51. The van der Waals surface area contributed by atoms with Gasteiger partial charge in [0.15, 0.2) is 0 Å². The number of nitrogens with zero attached hydrogens (tertiary/aromatic N) is 1. The van der Waals surface area contributed by atoms with Crippen molar-refractivity contribution in [3.63, 3.8) is 0 Å². The fourth-order valence-electron chi connectivity index (χ4n) is 2.91. The van der Waals surface area contributed by atoms with Gasteiger partial charge in [-0.3, -0.25) is 4.79 Å². The third-order valence-electron chi connectivity index (χ3n) is 4.71. The first-order chi connectivity index (χ1) is 12.4. The monoisotopic (exact) mass is 368 g/mol. The molecule has 0 unspecified atom stereocenters. The van der Waals surface area contributed by atoms with Crippen molar-refractivity contribution >= 4 is 12.0 Å². The highest BCUT2D eigenvalue weighted by molar-refractivity contribution is 5.93. The number of rotatable bonds is 7. The van der Waals surface area contributed by atoms with Crippen molar-refractivity contribution in [2.75, 3.05) is 13.7 Å². The van der Waals surface area contributed by atoms with Gasteiger partial charge in [-0.05, 0) is 31.2 Å². The molecular weight excluding hydrogens is 342 g/mol. The summed E-state index contributed by atoms with van der Waals surface area (Å²) in [6, 6.07) is 1.28. The maximum absolute atomic E-state index is 13.2. The van der Waals surface area contributed by atoms with Crippen LogP contribution in [0.4, 0.5) is 8.78 Å². The molecule has 1 aliphatic rings. The summed E-state index contributed by atoms with van der Waals surface area (Å²) in [4.78, 5) is 16.4. The zero-order valence-electron chi connectivity index (χ0n) is 15.2. The average molecular weight is 368 g/mol. The third-order valence-corrected chi connectivity index (χ3v) is 4.71. The number of hydrogen-bond donors (Lipinski definition) is 2. The van der Waals surface area contributed by atoms with E-state index < -0.39 is 5.92 Å². The number of alkyl halides is 2. The lowest BCUT2D eigenvalue weighted by Gasteiger charge is -2.26. The predicted molar refractivity (Wildman–Crippen MR) is 95.4 cm³/mol. The number of methoxy groups -OCH3 is 1. The Kier molecular flexibility index (Phi) is 7.08. The highest BCUT2D eigenvalue weighted by Gasteiger charge is 2.33. The van der Waals surface area contributed by atoms with E-state index in [9.17, 15) is 18.7 Å². The van der Waals surface area contributed by atoms with Gasteiger partial charge in [-0.25, -0.2) is 13.8 Å². The quantitative estimate of drug-likeness (QED) is 0.773. The van der Waals surface area contributed by atoms with Crippen LogP contribution < -0.4 is 10.1 Å². The van der Waals surface area contributed by atoms with Crippen LogP contribution in [0.5, 0.6) is 5.75 Å². The van der Waals surface area contributed by atoms with E-state index >= 15 is 0 Å². The fourth-order valence-corrected chi connectivity index (χ4v) is 2.91. The normalized spacial score (nSPS) is 18.7. The lowest BCUT2D eigenvalue weighted by molar-refractivity contribution is -0.0410. The van der Waals surface area contributed by atoms with Crippen LogP contribution in [-0.4, -0.2) is 41.7 Å². The number of allylic oxidation sites excluding steroid dienone is 1. The molecule has 1 amide bonds. The Morgan fingerprint density at radius 1 is 1.50 bits per heavy atom. The molecule has 0 aromatic carbocycles. The van der Waals surface area contributed by atoms with Gasteiger partial charge in [-0.15, -0.1) is 0 Å². The number of aliphatic hydroxyl groups excluding tert-OH is 1. The Balaban J connectivity index is 2.11. The van der Waals surface area contributed by atoms with Crippen LogP contribution in [0, 0.1) is 5.92 Å². The van der Waals surface area contributed by atoms with Gasteiger partial charge in [0.25, 0.3) is 5.91 Å². The van der Waals surface area contributed by atoms with Crippen LogP contribution in [0.15, 0.2) is 18.3 Å². The number of aliphatic hydroxyl groups is 1. The molecule has 0 aliphatic heterocycles. The van der Waals surface area contributed by atoms with E-state index in [2.05, 4.69) is 10.3 Å². The van der Waals surface area contributed by atoms with Crippen molar-refractivity contribution in [3.05, 3.63) is 29.6 Å². The lowest BCUT2D eigenvalue weighted by atomic mass is 9.86. The minimum Gasteiger partial charge on any atom is -0.495 e. The number of pyridine rings is 1. The van der Waals surface area contributed by atoms with Crippen molar-refractivity contribution in [3.8, 4) is 5.75 Å². The van der Waals surface area contributed by atoms with E-state index in [4.69, 9.17) is 4.74 Å². The third kappa shape index (κ3) is 5.49. The highest BCUT2D eigenvalue weighted by Crippen LogP contribution is 2.37. The number of halogens is 2. The predicted octanol–water partition coefficient (Wildman–Crippen LogP) is 3.43. The van der Waals surface area contributed by atoms with Crippen molar-refractivity contribution in [2.24, 2.45) is 5.92 Å². The number of aromatic nitrogens is 1. The number of hydrogen-bond acceptors (Lipinski definition) is 4. The molecule has 7 heteroatoms. The van der Waals surface area contributed by atoms with Crippen molar-refractivity contribution in [1.82, 2.24) is 10.3 Å². The van der Waals surface area contributed by atoms with Crippen LogP contribution in [0.3, 0.4) is 0 Å². The summed E-state index contributed by atoms with van der Waals surface area (Å²) >= 11 is 0. The van der Waals surface area contributed by atoms with Gasteiger partial charge >= 0.3 is 0 Å². The van der Waals surface area contributed by atoms with Crippen LogP contribution in [0.25, 0.3) is 6.08 Å². The fraction of sp³-hybridized carbons (Fsp3) is 0.579. The van der Waals surface area contributed by atoms with Gasteiger partial charge in [0.2, 0.25) is 5.92 Å². The molecule has 5 nitrogen and oxygen atoms in total. The van der Waals surface area contributed by atoms with Gasteiger partial charge < -0.3 is 15.2 Å². The first-order valence-corrected chi connectivity index (χ1v) is 8.90. The topological polar surface area (TPSA) is 71.5 Å². The molecule has 0 spiro atoms. The minimum absolute atomic E-state index is 0.0867. The first kappa shape index (κ1) is 20.3. The second-order valence-electron chi connectivity index (χ2n) is 6.63. The van der Waals surface area contributed by atoms with Gasteiger partial charge in [0, 0.05) is 18.4 Å². The Hall–Kier alpha value is -2.02. The Morgan fingerprint density at radius 2 is 2.19 bits per heavy atom. The Morgan fingerprint density at radius 3 is 2.77 bits per heavy atom. The molecule has 1 saturated carbocycles. The van der Waals surface area contributed by atoms with E-state index in [1.54, 1.807) is 12.1 Å². The summed E-state index contributed by atoms with van der Waals surface area (Å²) in [5.74, 6) is -2.33. The Labute approximate surface area is 152 Å². The molecule has 2 N–H and O–H groups in total. The van der Waals surface area contributed by atoms with Crippen LogP contribution in [0.1, 0.15) is 55.1 Å². The zero-order valence-corrected chi connectivity index (χ0v) is 15.2. The van der Waals surface area contributed by atoms with Gasteiger partial charge in [-0.2, -0.15) is 0 Å². The van der Waals surface area contributed by atoms with E-state index in [-0.39, 0.29) is 43.0 Å². The maximum Gasteiger partial charge on any atom is 0.270 e. The second-order valence-corrected chi connectivity index (χ2v) is 6.63. The summed E-state index contributed by atoms with van der Waals surface area (Å²) in [6.07, 6.45) is 6.47. The molecule has 1 atom stereocenters. The van der Waals surface area contributed by atoms with E-state index in [0.29, 0.717) is 30.6 Å². The van der Waals surface area contributed by atoms with Crippen LogP contribution >= 0.6 is 0 Å². The van der Waals surface area contributed by atoms with Crippen LogP contribution in [0.2, 0.25) is 0 Å². The molecule has 2 rings (SSSR count). The Bertz CT molecular complexity index is 636. The molecule has 1 heterocycles. The standard InChI is InChI=1S/C19H26F2N2O3/c1-3-15(12-24)23-18(25)16-10-14(17(26-2)11-22-16)5-4-13-6-8-19(20,21)9-7-13/h4-5,10-11,13,15,24H,3,6-9,12H2,1-2H3,(H,23,25)/b5-4+/t15-/m1/s1. The van der Waals surface area contributed by atoms with Crippen LogP contribution in [-0.2, 0) is 0 Å². The SMILES string of the molecule is CC[C@H](CO)NC(=O)c1cc(/C=C/C2CCC(F)(F)CC2)c(OC)cn1. The molecular formula is C19H26F2N2O3. The molecule has 144 valence electrons. The molecule has 0 bridgehead atoms. The number of ether oxygens (including phenoxy) is 1. The molecule has 0 radical (unpaired) electrons. The van der Waals surface area contributed by atoms with Gasteiger partial charge in [-0.1, -0.05) is 19.1 Å². The van der Waals surface area contributed by atoms with E-state index in [0.717, 1.165) is 0 Å². The van der Waals surface area contributed by atoms with Gasteiger partial charge in [0.1, 0.15) is 11.4 Å². The maximum atomic E-state index is 13.2. The molecule has 1 aliphatic carbocycles. The summed E-state index contributed by atoms with van der Waals surface area (Å²) in [5, 5.41) is 11.9. The second kappa shape index (κ2) is 9.07. The highest BCUT2D eigenvalue weighted by atomic mass is 19.3. The molecule has 1 aromatic rings. The summed E-state index contributed by atoms with van der Waals surface area (Å²) < 4.78 is 31.8. The summed E-state index contributed by atoms with van der Waals surface area (Å²) in [6.45, 7) is 1.72. The number of amides is 1. The zero-order chi connectivity index (χ0) is 19.2. The molecule has 1 aromatic heterocycles. The largest absolute Gasteiger partial charge is 0.495 e. The lowest BCUT2D eigenvalue weighted by Crippen LogP contribution is -2.37. The van der Waals surface area contributed by atoms with Crippen molar-refractivity contribution in [1.29, 1.82) is 0 Å². The smallest absolute Gasteiger partial charge is 0.270 e. The van der Waals surface area contributed by atoms with E-state index in [1.807, 2.05) is 13.0 Å². The number of carbonyl (C=O) groups excluding carboxylic acids is 1. The number of carbonyl (C=O) groups is 1. The van der Waals surface area contributed by atoms with Crippen molar-refractivity contribution < 1.29 is 23.4 Å². The molecule has 0 saturated heterocycles. The first-order valence-electron chi connectivity index (χ1n) is 8.90. The van der Waals surface area contributed by atoms with Crippen molar-refractivity contribution in [2.45, 2.75) is 51.0 Å². The van der Waals surface area contributed by atoms with Gasteiger partial charge in [0.05, 0.1) is 26.0 Å². The average Bonchev–Trinajstić information content (AvgIpc) is 2.64. The number of nitrogens with one attached hydrogen (secondary N) is 1. The molecule has 26 heavy (non-hydrogen) atoms. The summed E-state index contributed by atoms with van der Waals surface area (Å²) in [5.41, 5.74) is 0.884. The van der Waals surface area contributed by atoms with E-state index in [1.165, 1.54) is 13.3 Å². The molecule has 1 fully saturated rings.